The molecule has 0 amide bonds. The van der Waals surface area contributed by atoms with E-state index in [1.807, 2.05) is 0 Å². The molecule has 0 bridgehead atoms. The van der Waals surface area contributed by atoms with Crippen molar-refractivity contribution in [3.8, 4) is 33.4 Å². The van der Waals surface area contributed by atoms with Crippen LogP contribution in [0.5, 0.6) is 0 Å². The maximum Gasteiger partial charge on any atom is -0.00199 e. The van der Waals surface area contributed by atoms with Crippen LogP contribution in [0.1, 0.15) is 30.4 Å². The molecule has 0 N–H and O–H groups in total. The minimum absolute atomic E-state index is 0.515. The van der Waals surface area contributed by atoms with Gasteiger partial charge < -0.3 is 0 Å². The summed E-state index contributed by atoms with van der Waals surface area (Å²) in [6.45, 7) is 2.36. The van der Waals surface area contributed by atoms with Gasteiger partial charge in [0.1, 0.15) is 0 Å². The summed E-state index contributed by atoms with van der Waals surface area (Å²) in [6.07, 6.45) is 5.77. The van der Waals surface area contributed by atoms with E-state index in [4.69, 9.17) is 0 Å². The average Bonchev–Trinajstić information content (AvgIpc) is 3.04. The van der Waals surface area contributed by atoms with Crippen LogP contribution in [0.15, 0.2) is 140 Å². The summed E-state index contributed by atoms with van der Waals surface area (Å²) in [6, 6.07) is 49.1. The maximum atomic E-state index is 2.45. The van der Waals surface area contributed by atoms with Gasteiger partial charge in [-0.2, -0.15) is 0 Å². The Kier molecular flexibility index (Phi) is 5.60. The van der Waals surface area contributed by atoms with Crippen molar-refractivity contribution in [3.05, 3.63) is 151 Å². The minimum Gasteiger partial charge on any atom is -0.0833 e. The molecule has 194 valence electrons. The fraction of sp³-hybridized carbons (Fsp3) is 0.0732. The first-order chi connectivity index (χ1) is 20.3. The monoisotopic (exact) mass is 522 g/mol. The predicted molar refractivity (Wildman–Crippen MR) is 177 cm³/mol. The Morgan fingerprint density at radius 2 is 1.00 bits per heavy atom. The van der Waals surface area contributed by atoms with Crippen LogP contribution in [0.2, 0.25) is 0 Å². The van der Waals surface area contributed by atoms with Crippen LogP contribution in [-0.2, 0) is 0 Å². The van der Waals surface area contributed by atoms with E-state index in [0.29, 0.717) is 5.92 Å². The Hall–Kier alpha value is -4.94. The molecule has 0 aliphatic heterocycles. The number of hydrogen-bond acceptors (Lipinski definition) is 0. The zero-order valence-corrected chi connectivity index (χ0v) is 23.1. The lowest BCUT2D eigenvalue weighted by molar-refractivity contribution is 0.779. The highest BCUT2D eigenvalue weighted by Crippen LogP contribution is 2.47. The lowest BCUT2D eigenvalue weighted by atomic mass is 9.79. The van der Waals surface area contributed by atoms with Crippen molar-refractivity contribution in [2.45, 2.75) is 19.3 Å². The summed E-state index contributed by atoms with van der Waals surface area (Å²) in [5, 5.41) is 7.88. The van der Waals surface area contributed by atoms with E-state index in [0.717, 1.165) is 6.42 Å². The van der Waals surface area contributed by atoms with Crippen molar-refractivity contribution >= 4 is 38.4 Å². The molecule has 8 rings (SSSR count). The highest BCUT2D eigenvalue weighted by atomic mass is 14.3. The first-order valence-electron chi connectivity index (χ1n) is 14.6. The van der Waals surface area contributed by atoms with Gasteiger partial charge in [0.25, 0.3) is 0 Å². The van der Waals surface area contributed by atoms with Crippen molar-refractivity contribution in [1.82, 2.24) is 0 Å². The largest absolute Gasteiger partial charge is 0.0833 e. The summed E-state index contributed by atoms with van der Waals surface area (Å²) >= 11 is 0. The van der Waals surface area contributed by atoms with Gasteiger partial charge in [0.15, 0.2) is 0 Å². The highest BCUT2D eigenvalue weighted by molar-refractivity contribution is 6.24. The van der Waals surface area contributed by atoms with Crippen LogP contribution in [0, 0.1) is 0 Å². The molecule has 41 heavy (non-hydrogen) atoms. The Morgan fingerprint density at radius 1 is 0.463 bits per heavy atom. The second kappa shape index (κ2) is 9.61. The van der Waals surface area contributed by atoms with Crippen LogP contribution in [0.25, 0.3) is 71.8 Å². The third-order valence-corrected chi connectivity index (χ3v) is 8.86. The molecule has 1 aliphatic rings. The van der Waals surface area contributed by atoms with Gasteiger partial charge in [-0.25, -0.2) is 0 Å². The van der Waals surface area contributed by atoms with Gasteiger partial charge in [0, 0.05) is 0 Å². The molecule has 0 spiro atoms. The molecule has 0 heteroatoms. The second-order valence-electron chi connectivity index (χ2n) is 11.3. The van der Waals surface area contributed by atoms with Gasteiger partial charge in [0.2, 0.25) is 0 Å². The molecule has 0 radical (unpaired) electrons. The molecular formula is C41H30. The fourth-order valence-electron chi connectivity index (χ4n) is 7.05. The van der Waals surface area contributed by atoms with E-state index < -0.39 is 0 Å². The number of allylic oxidation sites excluding steroid dienone is 1. The molecule has 0 nitrogen and oxygen atoms in total. The molecule has 1 aliphatic carbocycles. The van der Waals surface area contributed by atoms with Gasteiger partial charge >= 0.3 is 0 Å². The number of fused-ring (bicyclic) bond motifs is 5. The van der Waals surface area contributed by atoms with Crippen LogP contribution in [0.3, 0.4) is 0 Å². The first kappa shape index (κ1) is 23.9. The van der Waals surface area contributed by atoms with Crippen molar-refractivity contribution in [3.63, 3.8) is 0 Å². The molecule has 0 saturated carbocycles. The van der Waals surface area contributed by atoms with Gasteiger partial charge in [0.05, 0.1) is 0 Å². The molecule has 0 fully saturated rings. The van der Waals surface area contributed by atoms with Crippen LogP contribution < -0.4 is 0 Å². The normalized spacial score (nSPS) is 14.5. The summed E-state index contributed by atoms with van der Waals surface area (Å²) in [7, 11) is 0. The molecule has 0 heterocycles. The van der Waals surface area contributed by atoms with Crippen molar-refractivity contribution in [2.24, 2.45) is 0 Å². The standard InChI is InChI=1S/C41H30/c1-27-13-11-17-31-26-38(32-19-5-6-20-33(32)39(27)31)41-36-23-9-7-21-34(36)40(35-22-8-10-24-37(35)41)30-18-12-16-29(25-30)28-14-3-2-4-15-28/h2-12,14-27H,13H2,1H3. The number of benzene rings is 7. The van der Waals surface area contributed by atoms with Crippen LogP contribution in [0.4, 0.5) is 0 Å². The predicted octanol–water partition coefficient (Wildman–Crippen LogP) is 11.7. The van der Waals surface area contributed by atoms with Crippen molar-refractivity contribution in [1.29, 1.82) is 0 Å². The molecule has 7 aromatic carbocycles. The van der Waals surface area contributed by atoms with E-state index >= 15 is 0 Å². The minimum atomic E-state index is 0.515. The van der Waals surface area contributed by atoms with E-state index in [-0.39, 0.29) is 0 Å². The Morgan fingerprint density at radius 3 is 1.68 bits per heavy atom. The molecular weight excluding hydrogens is 492 g/mol. The lowest BCUT2D eigenvalue weighted by Gasteiger charge is -2.24. The Balaban J connectivity index is 1.48. The van der Waals surface area contributed by atoms with Gasteiger partial charge in [-0.05, 0) is 101 Å². The van der Waals surface area contributed by atoms with Gasteiger partial charge in [-0.15, -0.1) is 0 Å². The molecule has 0 saturated heterocycles. The van der Waals surface area contributed by atoms with Gasteiger partial charge in [-0.1, -0.05) is 140 Å². The number of hydrogen-bond donors (Lipinski definition) is 0. The van der Waals surface area contributed by atoms with Crippen LogP contribution >= 0.6 is 0 Å². The Bertz CT molecular complexity index is 2070. The maximum absolute atomic E-state index is 2.45. The van der Waals surface area contributed by atoms with E-state index in [9.17, 15) is 0 Å². The van der Waals surface area contributed by atoms with E-state index in [2.05, 4.69) is 153 Å². The lowest BCUT2D eigenvalue weighted by Crippen LogP contribution is -2.02. The van der Waals surface area contributed by atoms with Crippen molar-refractivity contribution < 1.29 is 0 Å². The third kappa shape index (κ3) is 3.83. The number of rotatable bonds is 3. The smallest absolute Gasteiger partial charge is 0.00199 e. The van der Waals surface area contributed by atoms with Crippen molar-refractivity contribution in [2.75, 3.05) is 0 Å². The van der Waals surface area contributed by atoms with Crippen LogP contribution in [-0.4, -0.2) is 0 Å². The first-order valence-corrected chi connectivity index (χ1v) is 14.6. The summed E-state index contributed by atoms with van der Waals surface area (Å²) in [4.78, 5) is 0. The molecule has 1 atom stereocenters. The van der Waals surface area contributed by atoms with Gasteiger partial charge in [-0.3, -0.25) is 0 Å². The summed E-state index contributed by atoms with van der Waals surface area (Å²) in [5.41, 5.74) is 10.5. The molecule has 0 aromatic heterocycles. The van der Waals surface area contributed by atoms with E-state index in [1.54, 1.807) is 0 Å². The quantitative estimate of drug-likeness (QED) is 0.202. The Labute approximate surface area is 241 Å². The average molecular weight is 523 g/mol. The molecule has 1 unspecified atom stereocenters. The fourth-order valence-corrected chi connectivity index (χ4v) is 7.05. The zero-order valence-electron chi connectivity index (χ0n) is 23.1. The summed E-state index contributed by atoms with van der Waals surface area (Å²) in [5.74, 6) is 0.515. The van der Waals surface area contributed by atoms with E-state index in [1.165, 1.54) is 76.8 Å². The summed E-state index contributed by atoms with van der Waals surface area (Å²) < 4.78 is 0. The third-order valence-electron chi connectivity index (χ3n) is 8.86. The topological polar surface area (TPSA) is 0 Å². The zero-order chi connectivity index (χ0) is 27.3. The molecule has 7 aromatic rings. The highest BCUT2D eigenvalue weighted by Gasteiger charge is 2.22. The SMILES string of the molecule is CC1CC=Cc2cc(-c3c4ccccc4c(-c4cccc(-c5ccccc5)c4)c4ccccc34)c3ccccc3c21. The second-order valence-corrected chi connectivity index (χ2v) is 11.3.